The highest BCUT2D eigenvalue weighted by atomic mass is 35.5. The quantitative estimate of drug-likeness (QED) is 0.769. The Morgan fingerprint density at radius 3 is 2.76 bits per heavy atom. The highest BCUT2D eigenvalue weighted by molar-refractivity contribution is 7.99. The number of primary amides is 1. The van der Waals surface area contributed by atoms with Gasteiger partial charge in [-0.3, -0.25) is 9.48 Å². The van der Waals surface area contributed by atoms with Gasteiger partial charge in [0.15, 0.2) is 0 Å². The highest BCUT2D eigenvalue weighted by Gasteiger charge is 2.33. The third-order valence-corrected chi connectivity index (χ3v) is 6.80. The lowest BCUT2D eigenvalue weighted by Crippen LogP contribution is -2.52. The lowest BCUT2D eigenvalue weighted by molar-refractivity contribution is 0.0997. The average Bonchev–Trinajstić information content (AvgIpc) is 3.05. The standard InChI is InChI=1S/C19H21ClFN5O2S/c1-29-12-7-11(8-12)23-19(28)25-4-5-26-15(9-25)16(18(22)27)17(24-26)10-2-3-14(21)13(20)6-10/h2-3,6,11-12H,4-5,7-9H2,1H3,(H2,22,27)(H,23,28)/t11-,12+. The second kappa shape index (κ2) is 7.87. The highest BCUT2D eigenvalue weighted by Crippen LogP contribution is 2.32. The van der Waals surface area contributed by atoms with E-state index in [4.69, 9.17) is 17.3 Å². The maximum absolute atomic E-state index is 13.5. The summed E-state index contributed by atoms with van der Waals surface area (Å²) in [5.74, 6) is -1.20. The van der Waals surface area contributed by atoms with Crippen LogP contribution in [-0.4, -0.2) is 50.7 Å². The van der Waals surface area contributed by atoms with Crippen molar-refractivity contribution in [2.24, 2.45) is 5.73 Å². The molecule has 2 heterocycles. The fourth-order valence-electron chi connectivity index (χ4n) is 3.74. The first-order valence-corrected chi connectivity index (χ1v) is 11.0. The van der Waals surface area contributed by atoms with Crippen molar-refractivity contribution in [1.82, 2.24) is 20.0 Å². The normalized spacial score (nSPS) is 20.7. The van der Waals surface area contributed by atoms with Gasteiger partial charge < -0.3 is 16.0 Å². The summed E-state index contributed by atoms with van der Waals surface area (Å²) in [7, 11) is 0. The average molecular weight is 438 g/mol. The molecule has 0 unspecified atom stereocenters. The van der Waals surface area contributed by atoms with E-state index >= 15 is 0 Å². The van der Waals surface area contributed by atoms with E-state index in [1.165, 1.54) is 18.2 Å². The summed E-state index contributed by atoms with van der Waals surface area (Å²) in [5.41, 5.74) is 7.28. The van der Waals surface area contributed by atoms with Crippen molar-refractivity contribution in [2.75, 3.05) is 12.8 Å². The number of benzene rings is 1. The van der Waals surface area contributed by atoms with Gasteiger partial charge in [-0.1, -0.05) is 11.6 Å². The molecule has 1 aliphatic heterocycles. The van der Waals surface area contributed by atoms with Gasteiger partial charge >= 0.3 is 6.03 Å². The first-order chi connectivity index (χ1) is 13.9. The van der Waals surface area contributed by atoms with E-state index in [1.807, 2.05) is 11.8 Å². The number of nitrogens with zero attached hydrogens (tertiary/aromatic N) is 3. The molecule has 1 aliphatic carbocycles. The van der Waals surface area contributed by atoms with Crippen LogP contribution in [0.5, 0.6) is 0 Å². The fraction of sp³-hybridized carbons (Fsp3) is 0.421. The zero-order valence-corrected chi connectivity index (χ0v) is 17.4. The maximum atomic E-state index is 13.5. The van der Waals surface area contributed by atoms with E-state index in [2.05, 4.69) is 16.7 Å². The van der Waals surface area contributed by atoms with Crippen LogP contribution in [-0.2, 0) is 13.1 Å². The zero-order chi connectivity index (χ0) is 20.7. The Balaban J connectivity index is 1.57. The minimum atomic E-state index is -0.647. The van der Waals surface area contributed by atoms with Crippen LogP contribution in [0.15, 0.2) is 18.2 Å². The van der Waals surface area contributed by atoms with Gasteiger partial charge in [0.2, 0.25) is 0 Å². The monoisotopic (exact) mass is 437 g/mol. The van der Waals surface area contributed by atoms with Crippen LogP contribution in [0.1, 0.15) is 28.9 Å². The van der Waals surface area contributed by atoms with Gasteiger partial charge in [0, 0.05) is 23.4 Å². The number of thioether (sulfide) groups is 1. The summed E-state index contributed by atoms with van der Waals surface area (Å²) < 4.78 is 15.2. The van der Waals surface area contributed by atoms with Gasteiger partial charge in [-0.2, -0.15) is 16.9 Å². The lowest BCUT2D eigenvalue weighted by atomic mass is 9.92. The van der Waals surface area contributed by atoms with Gasteiger partial charge in [-0.05, 0) is 37.3 Å². The summed E-state index contributed by atoms with van der Waals surface area (Å²) in [4.78, 5) is 26.5. The van der Waals surface area contributed by atoms with Gasteiger partial charge in [-0.25, -0.2) is 9.18 Å². The molecular formula is C19H21ClFN5O2S. The second-order valence-corrected chi connectivity index (χ2v) is 8.83. The number of nitrogens with two attached hydrogens (primary N) is 1. The van der Waals surface area contributed by atoms with Crippen LogP contribution >= 0.6 is 23.4 Å². The first-order valence-electron chi connectivity index (χ1n) is 9.30. The van der Waals surface area contributed by atoms with Crippen molar-refractivity contribution >= 4 is 35.3 Å². The number of carbonyl (C=O) groups is 2. The molecule has 154 valence electrons. The van der Waals surface area contributed by atoms with Gasteiger partial charge in [0.25, 0.3) is 5.91 Å². The number of rotatable bonds is 4. The van der Waals surface area contributed by atoms with E-state index in [-0.39, 0.29) is 29.2 Å². The molecule has 0 atom stereocenters. The zero-order valence-electron chi connectivity index (χ0n) is 15.8. The Labute approximate surface area is 176 Å². The number of nitrogens with one attached hydrogen (secondary N) is 1. The summed E-state index contributed by atoms with van der Waals surface area (Å²) in [6.07, 6.45) is 4.02. The number of hydrogen-bond donors (Lipinski definition) is 2. The number of halogens is 2. The number of aromatic nitrogens is 2. The van der Waals surface area contributed by atoms with Crippen molar-refractivity contribution in [3.8, 4) is 11.3 Å². The van der Waals surface area contributed by atoms with Crippen LogP contribution in [0.2, 0.25) is 5.02 Å². The van der Waals surface area contributed by atoms with Crippen molar-refractivity contribution in [1.29, 1.82) is 0 Å². The second-order valence-electron chi connectivity index (χ2n) is 7.28. The summed E-state index contributed by atoms with van der Waals surface area (Å²) in [6, 6.07) is 4.19. The number of urea groups is 1. The molecule has 10 heteroatoms. The summed E-state index contributed by atoms with van der Waals surface area (Å²) in [5, 5.41) is 8.09. The predicted molar refractivity (Wildman–Crippen MR) is 110 cm³/mol. The molecular weight excluding hydrogens is 417 g/mol. The van der Waals surface area contributed by atoms with Crippen LogP contribution in [0.3, 0.4) is 0 Å². The lowest BCUT2D eigenvalue weighted by Gasteiger charge is -2.37. The molecule has 29 heavy (non-hydrogen) atoms. The Kier molecular flexibility index (Phi) is 5.44. The molecule has 0 bridgehead atoms. The molecule has 1 saturated carbocycles. The Morgan fingerprint density at radius 2 is 2.10 bits per heavy atom. The molecule has 0 radical (unpaired) electrons. The van der Waals surface area contributed by atoms with E-state index in [9.17, 15) is 14.0 Å². The minimum absolute atomic E-state index is 0.0612. The van der Waals surface area contributed by atoms with Crippen molar-refractivity contribution in [2.45, 2.75) is 37.2 Å². The van der Waals surface area contributed by atoms with Gasteiger partial charge in [0.1, 0.15) is 11.5 Å². The molecule has 3 amide bonds. The summed E-state index contributed by atoms with van der Waals surface area (Å²) >= 11 is 7.70. The van der Waals surface area contributed by atoms with Crippen molar-refractivity contribution < 1.29 is 14.0 Å². The SMILES string of the molecule is CS[C@H]1C[C@@H](NC(=O)N2CCn3nc(-c4ccc(F)c(Cl)c4)c(C(N)=O)c3C2)C1. The summed E-state index contributed by atoms with van der Waals surface area (Å²) in [6.45, 7) is 1.14. The Morgan fingerprint density at radius 1 is 1.34 bits per heavy atom. The first kappa shape index (κ1) is 20.0. The third-order valence-electron chi connectivity index (χ3n) is 5.46. The molecule has 1 aromatic carbocycles. The topological polar surface area (TPSA) is 93.2 Å². The van der Waals surface area contributed by atoms with Crippen LogP contribution in [0.25, 0.3) is 11.3 Å². The van der Waals surface area contributed by atoms with E-state index in [1.54, 1.807) is 9.58 Å². The molecule has 7 nitrogen and oxygen atoms in total. The van der Waals surface area contributed by atoms with Gasteiger partial charge in [0.05, 0.1) is 29.4 Å². The molecule has 0 saturated heterocycles. The van der Waals surface area contributed by atoms with Gasteiger partial charge in [-0.15, -0.1) is 0 Å². The molecule has 4 rings (SSSR count). The van der Waals surface area contributed by atoms with Crippen molar-refractivity contribution in [3.05, 3.63) is 40.3 Å². The maximum Gasteiger partial charge on any atom is 0.318 e. The Hall–Kier alpha value is -2.26. The molecule has 2 aromatic rings. The van der Waals surface area contributed by atoms with Crippen LogP contribution in [0.4, 0.5) is 9.18 Å². The molecule has 2 aliphatic rings. The fourth-order valence-corrected chi connectivity index (χ4v) is 4.77. The van der Waals surface area contributed by atoms with E-state index in [0.717, 1.165) is 12.8 Å². The number of amides is 3. The van der Waals surface area contributed by atoms with Crippen molar-refractivity contribution in [3.63, 3.8) is 0 Å². The Bertz CT molecular complexity index is 976. The molecule has 1 fully saturated rings. The number of hydrogen-bond acceptors (Lipinski definition) is 4. The van der Waals surface area contributed by atoms with E-state index < -0.39 is 11.7 Å². The van der Waals surface area contributed by atoms with E-state index in [0.29, 0.717) is 35.3 Å². The predicted octanol–water partition coefficient (Wildman–Crippen LogP) is 2.86. The van der Waals surface area contributed by atoms with Crippen LogP contribution in [0, 0.1) is 5.82 Å². The number of carbonyl (C=O) groups excluding carboxylic acids is 2. The smallest absolute Gasteiger partial charge is 0.318 e. The minimum Gasteiger partial charge on any atom is -0.365 e. The molecule has 3 N–H and O–H groups in total. The third kappa shape index (κ3) is 3.81. The molecule has 1 aromatic heterocycles. The largest absolute Gasteiger partial charge is 0.365 e. The van der Waals surface area contributed by atoms with Crippen LogP contribution < -0.4 is 11.1 Å². The number of fused-ring (bicyclic) bond motifs is 1. The molecule has 0 spiro atoms.